The van der Waals surface area contributed by atoms with Gasteiger partial charge >= 0.3 is 5.69 Å². The molecule has 0 spiro atoms. The second-order valence-corrected chi connectivity index (χ2v) is 4.48. The van der Waals surface area contributed by atoms with E-state index in [0.717, 1.165) is 23.7 Å². The number of aliphatic hydroxyl groups excluding tert-OH is 1. The lowest BCUT2D eigenvalue weighted by atomic mass is 10.1. The standard InChI is InChI=1S/C13H14N4O2/c1-2-3-8-4-5-10-9(6-8)12-15-11(7-18)16-17(12)13(19)14-10/h4-6,18H,2-3,7H2,1H3,(H,14,19). The molecule has 0 atom stereocenters. The van der Waals surface area contributed by atoms with Crippen molar-refractivity contribution in [2.24, 2.45) is 0 Å². The number of aromatic nitrogens is 4. The molecule has 6 nitrogen and oxygen atoms in total. The zero-order chi connectivity index (χ0) is 13.4. The number of hydrogen-bond acceptors (Lipinski definition) is 4. The molecule has 0 bridgehead atoms. The van der Waals surface area contributed by atoms with Gasteiger partial charge in [-0.25, -0.2) is 9.78 Å². The molecule has 0 saturated heterocycles. The molecule has 3 rings (SSSR count). The lowest BCUT2D eigenvalue weighted by Crippen LogP contribution is -2.17. The molecule has 2 N–H and O–H groups in total. The van der Waals surface area contributed by atoms with Gasteiger partial charge < -0.3 is 10.1 Å². The molecule has 1 aromatic carbocycles. The molecule has 3 aromatic rings. The van der Waals surface area contributed by atoms with Crippen molar-refractivity contribution in [3.05, 3.63) is 40.1 Å². The summed E-state index contributed by atoms with van der Waals surface area (Å²) in [6.45, 7) is 1.84. The van der Waals surface area contributed by atoms with E-state index in [4.69, 9.17) is 5.11 Å². The highest BCUT2D eigenvalue weighted by Gasteiger charge is 2.10. The molecule has 0 fully saturated rings. The van der Waals surface area contributed by atoms with E-state index in [0.29, 0.717) is 5.65 Å². The normalized spacial score (nSPS) is 11.5. The quantitative estimate of drug-likeness (QED) is 0.734. The SMILES string of the molecule is CCCc1ccc2[nH]c(=O)n3nc(CO)nc3c2c1. The van der Waals surface area contributed by atoms with Gasteiger partial charge in [-0.05, 0) is 24.1 Å². The summed E-state index contributed by atoms with van der Waals surface area (Å²) in [6.07, 6.45) is 2.03. The molecule has 0 aliphatic rings. The van der Waals surface area contributed by atoms with Gasteiger partial charge in [0.05, 0.1) is 5.52 Å². The van der Waals surface area contributed by atoms with Crippen LogP contribution in [-0.4, -0.2) is 24.7 Å². The monoisotopic (exact) mass is 258 g/mol. The minimum absolute atomic E-state index is 0.249. The average Bonchev–Trinajstić information content (AvgIpc) is 2.85. The number of hydrogen-bond donors (Lipinski definition) is 2. The van der Waals surface area contributed by atoms with Crippen LogP contribution in [0.15, 0.2) is 23.0 Å². The van der Waals surface area contributed by atoms with E-state index in [1.807, 2.05) is 18.2 Å². The maximum absolute atomic E-state index is 11.9. The molecule has 2 heterocycles. The first-order valence-electron chi connectivity index (χ1n) is 6.24. The van der Waals surface area contributed by atoms with Crippen LogP contribution >= 0.6 is 0 Å². The van der Waals surface area contributed by atoms with E-state index >= 15 is 0 Å². The first kappa shape index (κ1) is 11.9. The van der Waals surface area contributed by atoms with E-state index in [1.165, 1.54) is 10.1 Å². The maximum atomic E-state index is 11.9. The number of H-pyrrole nitrogens is 1. The zero-order valence-electron chi connectivity index (χ0n) is 10.6. The van der Waals surface area contributed by atoms with E-state index in [9.17, 15) is 4.79 Å². The van der Waals surface area contributed by atoms with Crippen LogP contribution in [0.25, 0.3) is 16.6 Å². The highest BCUT2D eigenvalue weighted by atomic mass is 16.3. The molecule has 0 saturated carbocycles. The minimum Gasteiger partial charge on any atom is -0.388 e. The topological polar surface area (TPSA) is 83.3 Å². The summed E-state index contributed by atoms with van der Waals surface area (Å²) in [4.78, 5) is 18.8. The molecule has 0 unspecified atom stereocenters. The van der Waals surface area contributed by atoms with Crippen LogP contribution in [0, 0.1) is 0 Å². The molecule has 0 amide bonds. The molecule has 98 valence electrons. The molecule has 0 aliphatic carbocycles. The van der Waals surface area contributed by atoms with Gasteiger partial charge in [0.1, 0.15) is 6.61 Å². The van der Waals surface area contributed by atoms with Crippen molar-refractivity contribution in [2.75, 3.05) is 0 Å². The Labute approximate surface area is 108 Å². The summed E-state index contributed by atoms with van der Waals surface area (Å²) in [6, 6.07) is 5.90. The molecular formula is C13H14N4O2. The predicted molar refractivity (Wildman–Crippen MR) is 71.0 cm³/mol. The van der Waals surface area contributed by atoms with Gasteiger partial charge in [-0.2, -0.15) is 4.52 Å². The van der Waals surface area contributed by atoms with E-state index in [2.05, 4.69) is 22.0 Å². The Bertz CT molecular complexity index is 803. The van der Waals surface area contributed by atoms with Crippen molar-refractivity contribution in [3.63, 3.8) is 0 Å². The Morgan fingerprint density at radius 3 is 3.00 bits per heavy atom. The third kappa shape index (κ3) is 1.90. The summed E-state index contributed by atoms with van der Waals surface area (Å²) in [5.41, 5.74) is 2.06. The van der Waals surface area contributed by atoms with E-state index in [1.54, 1.807) is 0 Å². The van der Waals surface area contributed by atoms with Crippen LogP contribution in [0.2, 0.25) is 0 Å². The Hall–Kier alpha value is -2.21. The van der Waals surface area contributed by atoms with Crippen molar-refractivity contribution in [3.8, 4) is 0 Å². The molecule has 0 radical (unpaired) electrons. The van der Waals surface area contributed by atoms with Crippen molar-refractivity contribution < 1.29 is 5.11 Å². The molecule has 6 heteroatoms. The summed E-state index contributed by atoms with van der Waals surface area (Å²) in [5.74, 6) is 0.249. The van der Waals surface area contributed by atoms with Gasteiger partial charge in [0, 0.05) is 5.39 Å². The minimum atomic E-state index is -0.349. The Morgan fingerprint density at radius 2 is 2.26 bits per heavy atom. The highest BCUT2D eigenvalue weighted by molar-refractivity contribution is 5.91. The fraction of sp³-hybridized carbons (Fsp3) is 0.308. The predicted octanol–water partition coefficient (Wildman–Crippen LogP) is 1.02. The van der Waals surface area contributed by atoms with Gasteiger partial charge in [-0.3, -0.25) is 0 Å². The van der Waals surface area contributed by atoms with Crippen LogP contribution < -0.4 is 5.69 Å². The van der Waals surface area contributed by atoms with Gasteiger partial charge in [0.2, 0.25) is 0 Å². The van der Waals surface area contributed by atoms with Crippen molar-refractivity contribution in [1.29, 1.82) is 0 Å². The lowest BCUT2D eigenvalue weighted by Gasteiger charge is -2.03. The Balaban J connectivity index is 2.37. The van der Waals surface area contributed by atoms with Crippen LogP contribution in [0.5, 0.6) is 0 Å². The summed E-state index contributed by atoms with van der Waals surface area (Å²) in [5, 5.41) is 13.9. The number of nitrogens with zero attached hydrogens (tertiary/aromatic N) is 3. The van der Waals surface area contributed by atoms with Crippen molar-refractivity contribution >= 4 is 16.6 Å². The number of aryl methyl sites for hydroxylation is 1. The summed E-state index contributed by atoms with van der Waals surface area (Å²) >= 11 is 0. The second-order valence-electron chi connectivity index (χ2n) is 4.48. The van der Waals surface area contributed by atoms with Crippen molar-refractivity contribution in [2.45, 2.75) is 26.4 Å². The Kier molecular flexibility index (Phi) is 2.79. The number of fused-ring (bicyclic) bond motifs is 3. The van der Waals surface area contributed by atoms with Gasteiger partial charge in [0.15, 0.2) is 11.5 Å². The number of benzene rings is 1. The van der Waals surface area contributed by atoms with Crippen LogP contribution in [-0.2, 0) is 13.0 Å². The number of rotatable bonds is 3. The summed E-state index contributed by atoms with van der Waals surface area (Å²) in [7, 11) is 0. The number of aliphatic hydroxyl groups is 1. The van der Waals surface area contributed by atoms with Gasteiger partial charge in [-0.15, -0.1) is 5.10 Å². The maximum Gasteiger partial charge on any atom is 0.348 e. The smallest absolute Gasteiger partial charge is 0.348 e. The van der Waals surface area contributed by atoms with Crippen LogP contribution in [0.4, 0.5) is 0 Å². The highest BCUT2D eigenvalue weighted by Crippen LogP contribution is 2.18. The van der Waals surface area contributed by atoms with Crippen molar-refractivity contribution in [1.82, 2.24) is 19.6 Å². The average molecular weight is 258 g/mol. The molecular weight excluding hydrogens is 244 g/mol. The molecule has 0 aliphatic heterocycles. The molecule has 19 heavy (non-hydrogen) atoms. The fourth-order valence-corrected chi connectivity index (χ4v) is 2.24. The zero-order valence-corrected chi connectivity index (χ0v) is 10.6. The third-order valence-corrected chi connectivity index (χ3v) is 3.09. The van der Waals surface area contributed by atoms with E-state index in [-0.39, 0.29) is 18.1 Å². The van der Waals surface area contributed by atoms with Gasteiger partial charge in [-0.1, -0.05) is 19.4 Å². The number of nitrogens with one attached hydrogen (secondary N) is 1. The lowest BCUT2D eigenvalue weighted by molar-refractivity contribution is 0.271. The van der Waals surface area contributed by atoms with E-state index < -0.39 is 0 Å². The summed E-state index contributed by atoms with van der Waals surface area (Å²) < 4.78 is 1.20. The first-order valence-corrected chi connectivity index (χ1v) is 6.24. The second kappa shape index (κ2) is 4.47. The number of aromatic amines is 1. The van der Waals surface area contributed by atoms with Crippen LogP contribution in [0.1, 0.15) is 24.7 Å². The van der Waals surface area contributed by atoms with Crippen LogP contribution in [0.3, 0.4) is 0 Å². The third-order valence-electron chi connectivity index (χ3n) is 3.09. The van der Waals surface area contributed by atoms with Gasteiger partial charge in [0.25, 0.3) is 0 Å². The fourth-order valence-electron chi connectivity index (χ4n) is 2.24. The molecule has 2 aromatic heterocycles. The first-order chi connectivity index (χ1) is 9.22. The Morgan fingerprint density at radius 1 is 1.42 bits per heavy atom. The largest absolute Gasteiger partial charge is 0.388 e.